The van der Waals surface area contributed by atoms with Crippen LogP contribution in [-0.2, 0) is 0 Å². The van der Waals surface area contributed by atoms with Gasteiger partial charge < -0.3 is 0 Å². The van der Waals surface area contributed by atoms with Crippen LogP contribution >= 0.6 is 0 Å². The molecule has 0 spiro atoms. The SMILES string of the molecule is c1cnc2c(c1)nnn2C1CC1. The first-order valence-electron chi connectivity index (χ1n) is 4.11. The van der Waals surface area contributed by atoms with Crippen molar-refractivity contribution in [3.63, 3.8) is 0 Å². The summed E-state index contributed by atoms with van der Waals surface area (Å²) < 4.78 is 1.93. The highest BCUT2D eigenvalue weighted by molar-refractivity contribution is 5.69. The van der Waals surface area contributed by atoms with Crippen molar-refractivity contribution >= 4 is 11.2 Å². The second-order valence-electron chi connectivity index (χ2n) is 3.11. The van der Waals surface area contributed by atoms with E-state index in [0.717, 1.165) is 11.2 Å². The summed E-state index contributed by atoms with van der Waals surface area (Å²) in [5.41, 5.74) is 1.81. The van der Waals surface area contributed by atoms with Crippen molar-refractivity contribution < 1.29 is 0 Å². The topological polar surface area (TPSA) is 43.6 Å². The fraction of sp³-hybridized carbons (Fsp3) is 0.375. The zero-order valence-electron chi connectivity index (χ0n) is 6.51. The van der Waals surface area contributed by atoms with E-state index >= 15 is 0 Å². The van der Waals surface area contributed by atoms with Crippen molar-refractivity contribution in [3.8, 4) is 0 Å². The van der Waals surface area contributed by atoms with Gasteiger partial charge in [0.1, 0.15) is 5.52 Å². The summed E-state index contributed by atoms with van der Waals surface area (Å²) in [5.74, 6) is 0. The van der Waals surface area contributed by atoms with E-state index in [-0.39, 0.29) is 0 Å². The van der Waals surface area contributed by atoms with Gasteiger partial charge in [0.2, 0.25) is 0 Å². The Hall–Kier alpha value is -1.45. The Morgan fingerprint density at radius 3 is 3.17 bits per heavy atom. The second-order valence-corrected chi connectivity index (χ2v) is 3.11. The standard InChI is InChI=1S/C8H8N4/c1-2-7-8(9-5-1)12(11-10-7)6-3-4-6/h1-2,5-6H,3-4H2. The molecule has 12 heavy (non-hydrogen) atoms. The largest absolute Gasteiger partial charge is 0.235 e. The average Bonchev–Trinajstić information content (AvgIpc) is 2.86. The molecule has 0 unspecified atom stereocenters. The van der Waals surface area contributed by atoms with Crippen LogP contribution in [0.5, 0.6) is 0 Å². The van der Waals surface area contributed by atoms with Crippen LogP contribution in [0.15, 0.2) is 18.3 Å². The third-order valence-corrected chi connectivity index (χ3v) is 2.12. The van der Waals surface area contributed by atoms with Crippen LogP contribution in [0.25, 0.3) is 11.2 Å². The quantitative estimate of drug-likeness (QED) is 0.628. The summed E-state index contributed by atoms with van der Waals surface area (Å²) in [6.07, 6.45) is 4.22. The molecule has 2 heterocycles. The number of hydrogen-bond acceptors (Lipinski definition) is 3. The van der Waals surface area contributed by atoms with Crippen LogP contribution in [0.3, 0.4) is 0 Å². The van der Waals surface area contributed by atoms with Crippen molar-refractivity contribution in [1.29, 1.82) is 0 Å². The summed E-state index contributed by atoms with van der Waals surface area (Å²) in [4.78, 5) is 4.24. The minimum atomic E-state index is 0.560. The maximum absolute atomic E-state index is 4.24. The van der Waals surface area contributed by atoms with Gasteiger partial charge in [-0.2, -0.15) is 0 Å². The summed E-state index contributed by atoms with van der Waals surface area (Å²) in [7, 11) is 0. The molecule has 3 rings (SSSR count). The lowest BCUT2D eigenvalue weighted by Crippen LogP contribution is -1.96. The number of pyridine rings is 1. The molecule has 4 heteroatoms. The lowest BCUT2D eigenvalue weighted by Gasteiger charge is -1.94. The van der Waals surface area contributed by atoms with E-state index in [1.54, 1.807) is 6.20 Å². The molecule has 0 atom stereocenters. The molecule has 1 saturated carbocycles. The molecule has 2 aromatic heterocycles. The van der Waals surface area contributed by atoms with Gasteiger partial charge in [0.25, 0.3) is 0 Å². The molecule has 1 aliphatic rings. The van der Waals surface area contributed by atoms with Crippen LogP contribution in [0.4, 0.5) is 0 Å². The minimum Gasteiger partial charge on any atom is -0.235 e. The highest BCUT2D eigenvalue weighted by atomic mass is 15.5. The third-order valence-electron chi connectivity index (χ3n) is 2.12. The normalized spacial score (nSPS) is 17.0. The highest BCUT2D eigenvalue weighted by Crippen LogP contribution is 2.35. The molecule has 0 aliphatic heterocycles. The molecule has 0 aromatic carbocycles. The zero-order valence-corrected chi connectivity index (χ0v) is 6.51. The van der Waals surface area contributed by atoms with Crippen LogP contribution in [0, 0.1) is 0 Å². The van der Waals surface area contributed by atoms with Gasteiger partial charge in [0.05, 0.1) is 6.04 Å². The van der Waals surface area contributed by atoms with Crippen molar-refractivity contribution in [1.82, 2.24) is 20.0 Å². The van der Waals surface area contributed by atoms with Crippen LogP contribution < -0.4 is 0 Å². The first-order valence-corrected chi connectivity index (χ1v) is 4.11. The van der Waals surface area contributed by atoms with E-state index in [0.29, 0.717) is 6.04 Å². The van der Waals surface area contributed by atoms with Gasteiger partial charge in [-0.1, -0.05) is 5.21 Å². The van der Waals surface area contributed by atoms with Crippen LogP contribution in [0.2, 0.25) is 0 Å². The Morgan fingerprint density at radius 1 is 1.42 bits per heavy atom. The number of hydrogen-bond donors (Lipinski definition) is 0. The highest BCUT2D eigenvalue weighted by Gasteiger charge is 2.26. The first-order chi connectivity index (χ1) is 5.95. The summed E-state index contributed by atoms with van der Waals surface area (Å²) in [6, 6.07) is 4.38. The smallest absolute Gasteiger partial charge is 0.178 e. The Morgan fingerprint density at radius 2 is 2.33 bits per heavy atom. The maximum Gasteiger partial charge on any atom is 0.178 e. The maximum atomic E-state index is 4.24. The lowest BCUT2D eigenvalue weighted by atomic mass is 10.4. The Labute approximate surface area is 69.2 Å². The number of aromatic nitrogens is 4. The molecule has 0 saturated heterocycles. The van der Waals surface area contributed by atoms with E-state index < -0.39 is 0 Å². The Balaban J connectivity index is 2.30. The molecule has 0 amide bonds. The van der Waals surface area contributed by atoms with Gasteiger partial charge in [0, 0.05) is 6.20 Å². The van der Waals surface area contributed by atoms with Gasteiger partial charge in [-0.15, -0.1) is 5.10 Å². The van der Waals surface area contributed by atoms with Crippen molar-refractivity contribution in [2.24, 2.45) is 0 Å². The summed E-state index contributed by atoms with van der Waals surface area (Å²) in [5, 5.41) is 8.09. The molecule has 0 bridgehead atoms. The molecule has 4 nitrogen and oxygen atoms in total. The summed E-state index contributed by atoms with van der Waals surface area (Å²) in [6.45, 7) is 0. The van der Waals surface area contributed by atoms with Crippen molar-refractivity contribution in [3.05, 3.63) is 18.3 Å². The Bertz CT molecular complexity index is 416. The second kappa shape index (κ2) is 2.03. The molecule has 1 fully saturated rings. The van der Waals surface area contributed by atoms with E-state index in [2.05, 4.69) is 15.3 Å². The fourth-order valence-electron chi connectivity index (χ4n) is 1.35. The zero-order chi connectivity index (χ0) is 7.97. The number of fused-ring (bicyclic) bond motifs is 1. The van der Waals surface area contributed by atoms with Crippen molar-refractivity contribution in [2.45, 2.75) is 18.9 Å². The molecule has 0 N–H and O–H groups in total. The summed E-state index contributed by atoms with van der Waals surface area (Å²) >= 11 is 0. The minimum absolute atomic E-state index is 0.560. The fourth-order valence-corrected chi connectivity index (χ4v) is 1.35. The molecule has 0 radical (unpaired) electrons. The number of rotatable bonds is 1. The third kappa shape index (κ3) is 0.747. The molecule has 2 aromatic rings. The van der Waals surface area contributed by atoms with Crippen molar-refractivity contribution in [2.75, 3.05) is 0 Å². The van der Waals surface area contributed by atoms with Crippen LogP contribution in [0.1, 0.15) is 18.9 Å². The van der Waals surface area contributed by atoms with Gasteiger partial charge in [-0.25, -0.2) is 9.67 Å². The van der Waals surface area contributed by atoms with E-state index in [9.17, 15) is 0 Å². The number of nitrogens with zero attached hydrogens (tertiary/aromatic N) is 4. The van der Waals surface area contributed by atoms with E-state index in [1.807, 2.05) is 16.8 Å². The molecule has 60 valence electrons. The first kappa shape index (κ1) is 6.11. The molecular weight excluding hydrogens is 152 g/mol. The van der Waals surface area contributed by atoms with E-state index in [1.165, 1.54) is 12.8 Å². The molecule has 1 aliphatic carbocycles. The van der Waals surface area contributed by atoms with Gasteiger partial charge in [0.15, 0.2) is 5.65 Å². The van der Waals surface area contributed by atoms with Gasteiger partial charge in [-0.05, 0) is 25.0 Å². The Kier molecular flexibility index (Phi) is 1.03. The monoisotopic (exact) mass is 160 g/mol. The lowest BCUT2D eigenvalue weighted by molar-refractivity contribution is 0.625. The van der Waals surface area contributed by atoms with E-state index in [4.69, 9.17) is 0 Å². The predicted molar refractivity (Wildman–Crippen MR) is 43.6 cm³/mol. The van der Waals surface area contributed by atoms with Gasteiger partial charge >= 0.3 is 0 Å². The van der Waals surface area contributed by atoms with Crippen LogP contribution in [-0.4, -0.2) is 20.0 Å². The predicted octanol–water partition coefficient (Wildman–Crippen LogP) is 1.16. The molecular formula is C8H8N4. The average molecular weight is 160 g/mol. The van der Waals surface area contributed by atoms with Gasteiger partial charge in [-0.3, -0.25) is 0 Å².